The Hall–Kier alpha value is -1.30. The van der Waals surface area contributed by atoms with E-state index in [9.17, 15) is 4.79 Å². The standard InChI is InChI=1S/C13H14ClNO/c1-10(16)12-7-6-11(9-13(12)14)5-3-4-8-15-2/h6-7,9,15H,4,8H2,1-2H3. The topological polar surface area (TPSA) is 29.1 Å². The minimum atomic E-state index is -0.0281. The fourth-order valence-corrected chi connectivity index (χ4v) is 1.54. The maximum atomic E-state index is 11.1. The van der Waals surface area contributed by atoms with Crippen molar-refractivity contribution in [2.24, 2.45) is 0 Å². The second kappa shape index (κ2) is 6.32. The van der Waals surface area contributed by atoms with E-state index in [-0.39, 0.29) is 5.78 Å². The second-order valence-electron chi connectivity index (χ2n) is 3.41. The molecule has 0 heterocycles. The summed E-state index contributed by atoms with van der Waals surface area (Å²) in [5.74, 6) is 6.00. The summed E-state index contributed by atoms with van der Waals surface area (Å²) >= 11 is 5.96. The predicted molar refractivity (Wildman–Crippen MR) is 66.9 cm³/mol. The zero-order valence-electron chi connectivity index (χ0n) is 9.43. The van der Waals surface area contributed by atoms with E-state index >= 15 is 0 Å². The quantitative estimate of drug-likeness (QED) is 0.496. The minimum Gasteiger partial charge on any atom is -0.319 e. The summed E-state index contributed by atoms with van der Waals surface area (Å²) in [7, 11) is 1.89. The van der Waals surface area contributed by atoms with Crippen LogP contribution in [0.3, 0.4) is 0 Å². The van der Waals surface area contributed by atoms with Crippen LogP contribution in [0.4, 0.5) is 0 Å². The van der Waals surface area contributed by atoms with Gasteiger partial charge >= 0.3 is 0 Å². The Bertz CT molecular complexity index is 443. The molecule has 0 atom stereocenters. The normalized spacial score (nSPS) is 9.44. The lowest BCUT2D eigenvalue weighted by Crippen LogP contribution is -2.05. The molecule has 0 unspecified atom stereocenters. The van der Waals surface area contributed by atoms with Crippen molar-refractivity contribution in [2.45, 2.75) is 13.3 Å². The van der Waals surface area contributed by atoms with Gasteiger partial charge in [-0.15, -0.1) is 0 Å². The van der Waals surface area contributed by atoms with E-state index in [2.05, 4.69) is 17.2 Å². The maximum Gasteiger partial charge on any atom is 0.161 e. The van der Waals surface area contributed by atoms with Gasteiger partial charge in [-0.25, -0.2) is 0 Å². The van der Waals surface area contributed by atoms with Gasteiger partial charge in [0.2, 0.25) is 0 Å². The van der Waals surface area contributed by atoms with E-state index in [1.54, 1.807) is 12.1 Å². The van der Waals surface area contributed by atoms with Crippen LogP contribution in [0.5, 0.6) is 0 Å². The molecule has 0 amide bonds. The lowest BCUT2D eigenvalue weighted by molar-refractivity contribution is 0.101. The lowest BCUT2D eigenvalue weighted by Gasteiger charge is -1.99. The molecule has 0 radical (unpaired) electrons. The molecule has 0 aliphatic heterocycles. The van der Waals surface area contributed by atoms with Crippen LogP contribution in [0.15, 0.2) is 18.2 Å². The molecular weight excluding hydrogens is 222 g/mol. The highest BCUT2D eigenvalue weighted by molar-refractivity contribution is 6.33. The molecule has 1 N–H and O–H groups in total. The van der Waals surface area contributed by atoms with Crippen LogP contribution in [-0.2, 0) is 0 Å². The van der Waals surface area contributed by atoms with Crippen molar-refractivity contribution in [2.75, 3.05) is 13.6 Å². The van der Waals surface area contributed by atoms with Gasteiger partial charge < -0.3 is 5.32 Å². The number of ketones is 1. The lowest BCUT2D eigenvalue weighted by atomic mass is 10.1. The number of carbonyl (C=O) groups is 1. The van der Waals surface area contributed by atoms with E-state index in [0.29, 0.717) is 10.6 Å². The minimum absolute atomic E-state index is 0.0281. The molecule has 0 fully saturated rings. The van der Waals surface area contributed by atoms with Crippen LogP contribution < -0.4 is 5.32 Å². The largest absolute Gasteiger partial charge is 0.319 e. The summed E-state index contributed by atoms with van der Waals surface area (Å²) in [4.78, 5) is 11.1. The number of hydrogen-bond acceptors (Lipinski definition) is 2. The molecule has 0 aliphatic rings. The first-order chi connectivity index (χ1) is 7.65. The number of rotatable bonds is 3. The number of nitrogens with one attached hydrogen (secondary N) is 1. The zero-order valence-corrected chi connectivity index (χ0v) is 10.2. The van der Waals surface area contributed by atoms with Crippen LogP contribution in [0.25, 0.3) is 0 Å². The van der Waals surface area contributed by atoms with Crippen molar-refractivity contribution >= 4 is 17.4 Å². The van der Waals surface area contributed by atoms with E-state index < -0.39 is 0 Å². The number of Topliss-reactive ketones (excluding diaryl/α,β-unsaturated/α-hetero) is 1. The molecular formula is C13H14ClNO. The van der Waals surface area contributed by atoms with E-state index in [1.807, 2.05) is 13.1 Å². The van der Waals surface area contributed by atoms with Crippen molar-refractivity contribution in [1.29, 1.82) is 0 Å². The molecule has 3 heteroatoms. The smallest absolute Gasteiger partial charge is 0.161 e. The van der Waals surface area contributed by atoms with Gasteiger partial charge in [0.1, 0.15) is 0 Å². The van der Waals surface area contributed by atoms with Gasteiger partial charge in [-0.1, -0.05) is 23.4 Å². The van der Waals surface area contributed by atoms with Gasteiger partial charge in [0.15, 0.2) is 5.78 Å². The Morgan fingerprint density at radius 3 is 2.81 bits per heavy atom. The molecule has 0 bridgehead atoms. The third-order valence-corrected chi connectivity index (χ3v) is 2.39. The maximum absolute atomic E-state index is 11.1. The van der Waals surface area contributed by atoms with Gasteiger partial charge in [-0.2, -0.15) is 0 Å². The van der Waals surface area contributed by atoms with Crippen molar-refractivity contribution in [1.82, 2.24) is 5.32 Å². The Balaban J connectivity index is 2.80. The third-order valence-electron chi connectivity index (χ3n) is 2.08. The molecule has 1 aromatic carbocycles. The fraction of sp³-hybridized carbons (Fsp3) is 0.308. The first-order valence-corrected chi connectivity index (χ1v) is 5.47. The summed E-state index contributed by atoms with van der Waals surface area (Å²) in [6, 6.07) is 5.26. The summed E-state index contributed by atoms with van der Waals surface area (Å²) in [6.07, 6.45) is 0.794. The molecule has 0 saturated carbocycles. The molecule has 2 nitrogen and oxygen atoms in total. The molecule has 0 saturated heterocycles. The number of hydrogen-bond donors (Lipinski definition) is 1. The monoisotopic (exact) mass is 235 g/mol. The van der Waals surface area contributed by atoms with Crippen LogP contribution >= 0.6 is 11.6 Å². The summed E-state index contributed by atoms with van der Waals surface area (Å²) < 4.78 is 0. The Morgan fingerprint density at radius 1 is 1.50 bits per heavy atom. The SMILES string of the molecule is CNCCC#Cc1ccc(C(C)=O)c(Cl)c1. The van der Waals surface area contributed by atoms with Crippen molar-refractivity contribution < 1.29 is 4.79 Å². The highest BCUT2D eigenvalue weighted by Crippen LogP contribution is 2.17. The van der Waals surface area contributed by atoms with E-state index in [0.717, 1.165) is 18.5 Å². The van der Waals surface area contributed by atoms with Crippen molar-refractivity contribution in [3.8, 4) is 11.8 Å². The van der Waals surface area contributed by atoms with Crippen LogP contribution in [-0.4, -0.2) is 19.4 Å². The second-order valence-corrected chi connectivity index (χ2v) is 3.81. The van der Waals surface area contributed by atoms with Crippen molar-refractivity contribution in [3.05, 3.63) is 34.3 Å². The Kier molecular flexibility index (Phi) is 5.04. The van der Waals surface area contributed by atoms with E-state index in [4.69, 9.17) is 11.6 Å². The van der Waals surface area contributed by atoms with Gasteiger partial charge in [0.25, 0.3) is 0 Å². The third kappa shape index (κ3) is 3.69. The molecule has 0 aliphatic carbocycles. The molecule has 16 heavy (non-hydrogen) atoms. The molecule has 1 rings (SSSR count). The van der Waals surface area contributed by atoms with Gasteiger partial charge in [-0.05, 0) is 32.2 Å². The first kappa shape index (κ1) is 12.8. The molecule has 1 aromatic rings. The van der Waals surface area contributed by atoms with Gasteiger partial charge in [-0.3, -0.25) is 4.79 Å². The summed E-state index contributed by atoms with van der Waals surface area (Å²) in [6.45, 7) is 2.37. The molecule has 84 valence electrons. The highest BCUT2D eigenvalue weighted by atomic mass is 35.5. The van der Waals surface area contributed by atoms with Crippen LogP contribution in [0.2, 0.25) is 5.02 Å². The molecule has 0 spiro atoms. The van der Waals surface area contributed by atoms with Crippen molar-refractivity contribution in [3.63, 3.8) is 0 Å². The zero-order chi connectivity index (χ0) is 12.0. The summed E-state index contributed by atoms with van der Waals surface area (Å²) in [5.41, 5.74) is 1.38. The number of carbonyl (C=O) groups excluding carboxylic acids is 1. The number of benzene rings is 1. The highest BCUT2D eigenvalue weighted by Gasteiger charge is 2.04. The van der Waals surface area contributed by atoms with Crippen LogP contribution in [0.1, 0.15) is 29.3 Å². The first-order valence-electron chi connectivity index (χ1n) is 5.09. The fourth-order valence-electron chi connectivity index (χ4n) is 1.23. The van der Waals surface area contributed by atoms with Gasteiger partial charge in [0, 0.05) is 24.1 Å². The summed E-state index contributed by atoms with van der Waals surface area (Å²) in [5, 5.41) is 3.48. The average Bonchev–Trinajstić information content (AvgIpc) is 2.24. The number of halogens is 1. The Labute approximate surface area is 101 Å². The van der Waals surface area contributed by atoms with Crippen LogP contribution in [0, 0.1) is 11.8 Å². The Morgan fingerprint density at radius 2 is 2.25 bits per heavy atom. The van der Waals surface area contributed by atoms with E-state index in [1.165, 1.54) is 6.92 Å². The average molecular weight is 236 g/mol. The van der Waals surface area contributed by atoms with Gasteiger partial charge in [0.05, 0.1) is 5.02 Å². The predicted octanol–water partition coefficient (Wildman–Crippen LogP) is 2.50. The molecule has 0 aromatic heterocycles.